The van der Waals surface area contributed by atoms with Gasteiger partial charge >= 0.3 is 0 Å². The zero-order chi connectivity index (χ0) is 11.4. The van der Waals surface area contributed by atoms with Crippen molar-refractivity contribution < 1.29 is 0 Å². The first-order valence-electron chi connectivity index (χ1n) is 5.92. The quantitative estimate of drug-likeness (QED) is 0.824. The highest BCUT2D eigenvalue weighted by Crippen LogP contribution is 2.27. The number of alkyl halides is 1. The van der Waals surface area contributed by atoms with E-state index in [9.17, 15) is 0 Å². The Morgan fingerprint density at radius 1 is 1.38 bits per heavy atom. The molecule has 0 aliphatic heterocycles. The molecule has 1 aromatic rings. The zero-order valence-electron chi connectivity index (χ0n) is 9.62. The van der Waals surface area contributed by atoms with Gasteiger partial charge in [0.2, 0.25) is 0 Å². The van der Waals surface area contributed by atoms with Gasteiger partial charge in [-0.15, -0.1) is 16.7 Å². The Morgan fingerprint density at radius 2 is 2.25 bits per heavy atom. The van der Waals surface area contributed by atoms with Gasteiger partial charge in [-0.2, -0.15) is 5.10 Å². The number of nitrogens with one attached hydrogen (secondary N) is 1. The highest BCUT2D eigenvalue weighted by molar-refractivity contribution is 6.20. The number of rotatable bonds is 3. The van der Waals surface area contributed by atoms with Crippen LogP contribution in [0.5, 0.6) is 0 Å². The minimum Gasteiger partial charge on any atom is -0.368 e. The molecule has 1 aromatic heterocycles. The molecule has 3 nitrogen and oxygen atoms in total. The molecular weight excluding hydrogens is 222 g/mol. The van der Waals surface area contributed by atoms with Crippen LogP contribution >= 0.6 is 11.6 Å². The van der Waals surface area contributed by atoms with E-state index in [1.807, 2.05) is 19.1 Å². The van der Waals surface area contributed by atoms with Gasteiger partial charge in [0.15, 0.2) is 0 Å². The second kappa shape index (κ2) is 5.48. The molecule has 88 valence electrons. The van der Waals surface area contributed by atoms with Crippen LogP contribution in [0, 0.1) is 12.8 Å². The molecule has 16 heavy (non-hydrogen) atoms. The van der Waals surface area contributed by atoms with Crippen molar-refractivity contribution in [1.82, 2.24) is 10.2 Å². The van der Waals surface area contributed by atoms with Crippen LogP contribution in [0.3, 0.4) is 0 Å². The highest BCUT2D eigenvalue weighted by atomic mass is 35.5. The summed E-state index contributed by atoms with van der Waals surface area (Å²) in [6, 6.07) is 3.95. The number of aryl methyl sites for hydroxylation is 1. The van der Waals surface area contributed by atoms with Gasteiger partial charge in [-0.05, 0) is 44.2 Å². The fraction of sp³-hybridized carbons (Fsp3) is 0.667. The number of hydrogen-bond acceptors (Lipinski definition) is 3. The SMILES string of the molecule is Cc1ccc(NCC2CCCC(Cl)C2)nn1. The Morgan fingerprint density at radius 3 is 2.94 bits per heavy atom. The van der Waals surface area contributed by atoms with E-state index < -0.39 is 0 Å². The van der Waals surface area contributed by atoms with Crippen molar-refractivity contribution in [3.05, 3.63) is 17.8 Å². The molecule has 1 aliphatic carbocycles. The summed E-state index contributed by atoms with van der Waals surface area (Å²) in [7, 11) is 0. The van der Waals surface area contributed by atoms with Gasteiger partial charge in [-0.25, -0.2) is 0 Å². The molecule has 0 radical (unpaired) electrons. The molecule has 0 bridgehead atoms. The lowest BCUT2D eigenvalue weighted by Crippen LogP contribution is -2.22. The lowest BCUT2D eigenvalue weighted by Gasteiger charge is -2.25. The summed E-state index contributed by atoms with van der Waals surface area (Å²) in [6.45, 7) is 2.90. The predicted octanol–water partition coefficient (Wildman–Crippen LogP) is 2.99. The molecule has 2 unspecified atom stereocenters. The van der Waals surface area contributed by atoms with Crippen LogP contribution in [0.4, 0.5) is 5.82 Å². The lowest BCUT2D eigenvalue weighted by atomic mass is 9.89. The first-order valence-corrected chi connectivity index (χ1v) is 6.36. The molecule has 1 N–H and O–H groups in total. The van der Waals surface area contributed by atoms with E-state index in [4.69, 9.17) is 11.6 Å². The third-order valence-electron chi connectivity index (χ3n) is 3.09. The average Bonchev–Trinajstić information content (AvgIpc) is 2.28. The molecule has 4 heteroatoms. The maximum absolute atomic E-state index is 6.16. The van der Waals surface area contributed by atoms with Crippen molar-refractivity contribution in [2.45, 2.75) is 38.0 Å². The van der Waals surface area contributed by atoms with Gasteiger partial charge in [0.25, 0.3) is 0 Å². The Bertz CT molecular complexity index is 326. The molecule has 1 aliphatic rings. The van der Waals surface area contributed by atoms with Crippen LogP contribution in [0.2, 0.25) is 0 Å². The van der Waals surface area contributed by atoms with Gasteiger partial charge in [0.05, 0.1) is 5.69 Å². The minimum atomic E-state index is 0.365. The summed E-state index contributed by atoms with van der Waals surface area (Å²) in [5, 5.41) is 11.8. The molecular formula is C12H18ClN3. The highest BCUT2D eigenvalue weighted by Gasteiger charge is 2.19. The Balaban J connectivity index is 1.80. The second-order valence-corrected chi connectivity index (χ2v) is 5.19. The van der Waals surface area contributed by atoms with Gasteiger partial charge in [0.1, 0.15) is 5.82 Å². The van der Waals surface area contributed by atoms with Crippen LogP contribution in [0.15, 0.2) is 12.1 Å². The Labute approximate surface area is 102 Å². The smallest absolute Gasteiger partial charge is 0.148 e. The zero-order valence-corrected chi connectivity index (χ0v) is 10.4. The van der Waals surface area contributed by atoms with E-state index >= 15 is 0 Å². The summed E-state index contributed by atoms with van der Waals surface area (Å²) in [5.74, 6) is 1.54. The fourth-order valence-corrected chi connectivity index (χ4v) is 2.56. The summed E-state index contributed by atoms with van der Waals surface area (Å²) in [4.78, 5) is 0. The van der Waals surface area contributed by atoms with Crippen LogP contribution < -0.4 is 5.32 Å². The van der Waals surface area contributed by atoms with Crippen molar-refractivity contribution in [2.24, 2.45) is 5.92 Å². The number of aromatic nitrogens is 2. The Hall–Kier alpha value is -0.830. The molecule has 0 saturated heterocycles. The second-order valence-electron chi connectivity index (χ2n) is 4.57. The Kier molecular flexibility index (Phi) is 3.99. The number of hydrogen-bond donors (Lipinski definition) is 1. The van der Waals surface area contributed by atoms with E-state index in [-0.39, 0.29) is 0 Å². The van der Waals surface area contributed by atoms with Crippen molar-refractivity contribution in [1.29, 1.82) is 0 Å². The maximum Gasteiger partial charge on any atom is 0.148 e. The van der Waals surface area contributed by atoms with Crippen LogP contribution in [0.1, 0.15) is 31.4 Å². The third-order valence-corrected chi connectivity index (χ3v) is 3.48. The number of anilines is 1. The van der Waals surface area contributed by atoms with Crippen molar-refractivity contribution in [3.8, 4) is 0 Å². The topological polar surface area (TPSA) is 37.8 Å². The van der Waals surface area contributed by atoms with E-state index in [2.05, 4.69) is 15.5 Å². The summed E-state index contributed by atoms with van der Waals surface area (Å²) < 4.78 is 0. The number of nitrogens with zero attached hydrogens (tertiary/aromatic N) is 2. The fourth-order valence-electron chi connectivity index (χ4n) is 2.15. The predicted molar refractivity (Wildman–Crippen MR) is 66.9 cm³/mol. The molecule has 2 rings (SSSR count). The molecule has 0 aromatic carbocycles. The van der Waals surface area contributed by atoms with Gasteiger partial charge < -0.3 is 5.32 Å². The average molecular weight is 240 g/mol. The number of halogens is 1. The van der Waals surface area contributed by atoms with E-state index in [0.717, 1.165) is 24.5 Å². The van der Waals surface area contributed by atoms with Gasteiger partial charge in [-0.1, -0.05) is 6.42 Å². The van der Waals surface area contributed by atoms with Crippen molar-refractivity contribution in [2.75, 3.05) is 11.9 Å². The summed E-state index contributed by atoms with van der Waals surface area (Å²) in [5.41, 5.74) is 0.948. The van der Waals surface area contributed by atoms with Gasteiger partial charge in [0, 0.05) is 11.9 Å². The molecule has 0 amide bonds. The molecule has 2 atom stereocenters. The third kappa shape index (κ3) is 3.34. The molecule has 0 spiro atoms. The van der Waals surface area contributed by atoms with Crippen molar-refractivity contribution >= 4 is 17.4 Å². The van der Waals surface area contributed by atoms with E-state index in [1.54, 1.807) is 0 Å². The van der Waals surface area contributed by atoms with Crippen LogP contribution in [-0.4, -0.2) is 22.1 Å². The summed E-state index contributed by atoms with van der Waals surface area (Å²) in [6.07, 6.45) is 4.81. The lowest BCUT2D eigenvalue weighted by molar-refractivity contribution is 0.378. The first kappa shape index (κ1) is 11.6. The minimum absolute atomic E-state index is 0.365. The van der Waals surface area contributed by atoms with Gasteiger partial charge in [-0.3, -0.25) is 0 Å². The summed E-state index contributed by atoms with van der Waals surface area (Å²) >= 11 is 6.16. The van der Waals surface area contributed by atoms with E-state index in [1.165, 1.54) is 19.3 Å². The normalized spacial score (nSPS) is 25.4. The monoisotopic (exact) mass is 239 g/mol. The largest absolute Gasteiger partial charge is 0.368 e. The van der Waals surface area contributed by atoms with Crippen LogP contribution in [-0.2, 0) is 0 Å². The molecule has 1 saturated carbocycles. The standard InChI is InChI=1S/C12H18ClN3/c1-9-5-6-12(16-15-9)14-8-10-3-2-4-11(13)7-10/h5-6,10-11H,2-4,7-8H2,1H3,(H,14,16). The van der Waals surface area contributed by atoms with E-state index in [0.29, 0.717) is 11.3 Å². The first-order chi connectivity index (χ1) is 7.74. The molecule has 1 fully saturated rings. The molecule has 1 heterocycles. The van der Waals surface area contributed by atoms with Crippen molar-refractivity contribution in [3.63, 3.8) is 0 Å². The van der Waals surface area contributed by atoms with Crippen LogP contribution in [0.25, 0.3) is 0 Å². The maximum atomic E-state index is 6.16.